The van der Waals surface area contributed by atoms with Crippen molar-refractivity contribution in [2.75, 3.05) is 20.2 Å². The maximum Gasteiger partial charge on any atom is 0.253 e. The Morgan fingerprint density at radius 3 is 2.65 bits per heavy atom. The summed E-state index contributed by atoms with van der Waals surface area (Å²) in [4.78, 5) is 14.3. The van der Waals surface area contributed by atoms with Crippen LogP contribution in [-0.4, -0.2) is 48.3 Å². The standard InChI is InChI=1S/C25H31FN2O3/c1-16(19-8-10-23(26)24(14-19)31-2)27-21-9-7-20(13-21)17-3-5-18(6-4-17)25(30)28-12-11-22(29)15-28/h3-6,8,10,14,16,20-22,27,29H,7,9,11-13,15H2,1-2H3/t16-,20-,21+,22-/m1/s1. The van der Waals surface area contributed by atoms with E-state index in [2.05, 4.69) is 24.4 Å². The molecule has 1 aliphatic heterocycles. The molecule has 1 amide bonds. The van der Waals surface area contributed by atoms with E-state index in [4.69, 9.17) is 4.74 Å². The maximum absolute atomic E-state index is 13.7. The molecule has 2 fully saturated rings. The quantitative estimate of drug-likeness (QED) is 0.732. The van der Waals surface area contributed by atoms with Crippen molar-refractivity contribution in [3.8, 4) is 5.75 Å². The largest absolute Gasteiger partial charge is 0.494 e. The molecule has 4 rings (SSSR count). The van der Waals surface area contributed by atoms with Gasteiger partial charge in [0.1, 0.15) is 0 Å². The van der Waals surface area contributed by atoms with E-state index < -0.39 is 6.10 Å². The number of hydrogen-bond acceptors (Lipinski definition) is 4. The number of hydrogen-bond donors (Lipinski definition) is 2. The molecule has 4 atom stereocenters. The van der Waals surface area contributed by atoms with Crippen LogP contribution in [0.1, 0.15) is 66.1 Å². The molecule has 2 aromatic carbocycles. The Kier molecular flexibility index (Phi) is 6.58. The summed E-state index contributed by atoms with van der Waals surface area (Å²) in [6, 6.07) is 13.5. The van der Waals surface area contributed by atoms with Gasteiger partial charge in [0.25, 0.3) is 5.91 Å². The highest BCUT2D eigenvalue weighted by Gasteiger charge is 2.28. The van der Waals surface area contributed by atoms with Crippen molar-refractivity contribution in [1.29, 1.82) is 0 Å². The van der Waals surface area contributed by atoms with Crippen LogP contribution in [0.4, 0.5) is 4.39 Å². The molecule has 1 aliphatic carbocycles. The number of aliphatic hydroxyl groups is 1. The van der Waals surface area contributed by atoms with Crippen molar-refractivity contribution in [2.24, 2.45) is 0 Å². The van der Waals surface area contributed by atoms with Crippen molar-refractivity contribution in [3.05, 3.63) is 65.0 Å². The van der Waals surface area contributed by atoms with E-state index in [0.29, 0.717) is 37.0 Å². The molecule has 0 unspecified atom stereocenters. The Morgan fingerprint density at radius 1 is 1.19 bits per heavy atom. The number of amides is 1. The normalized spacial score (nSPS) is 24.4. The van der Waals surface area contributed by atoms with Gasteiger partial charge in [0.2, 0.25) is 0 Å². The lowest BCUT2D eigenvalue weighted by atomic mass is 9.96. The number of carbonyl (C=O) groups is 1. The summed E-state index contributed by atoms with van der Waals surface area (Å²) in [5.41, 5.74) is 2.96. The highest BCUT2D eigenvalue weighted by molar-refractivity contribution is 5.94. The van der Waals surface area contributed by atoms with Crippen LogP contribution >= 0.6 is 0 Å². The number of nitrogens with one attached hydrogen (secondary N) is 1. The fraction of sp³-hybridized carbons (Fsp3) is 0.480. The Morgan fingerprint density at radius 2 is 1.97 bits per heavy atom. The predicted molar refractivity (Wildman–Crippen MR) is 118 cm³/mol. The van der Waals surface area contributed by atoms with Crippen LogP contribution in [-0.2, 0) is 0 Å². The van der Waals surface area contributed by atoms with Gasteiger partial charge in [0.05, 0.1) is 13.2 Å². The first-order valence-electron chi connectivity index (χ1n) is 11.1. The third-order valence-corrected chi connectivity index (χ3v) is 6.67. The van der Waals surface area contributed by atoms with Crippen LogP contribution in [0.2, 0.25) is 0 Å². The number of carbonyl (C=O) groups excluding carboxylic acids is 1. The van der Waals surface area contributed by atoms with Crippen LogP contribution < -0.4 is 10.1 Å². The van der Waals surface area contributed by atoms with Crippen LogP contribution in [0.15, 0.2) is 42.5 Å². The number of benzene rings is 2. The highest BCUT2D eigenvalue weighted by Crippen LogP contribution is 2.36. The molecule has 0 radical (unpaired) electrons. The third kappa shape index (κ3) is 4.91. The molecule has 2 aromatic rings. The molecule has 0 bridgehead atoms. The van der Waals surface area contributed by atoms with Crippen LogP contribution in [0.25, 0.3) is 0 Å². The van der Waals surface area contributed by atoms with E-state index in [9.17, 15) is 14.3 Å². The molecule has 1 saturated carbocycles. The van der Waals surface area contributed by atoms with Crippen LogP contribution in [0.5, 0.6) is 5.75 Å². The number of nitrogens with zero attached hydrogens (tertiary/aromatic N) is 1. The van der Waals surface area contributed by atoms with Crippen molar-refractivity contribution in [1.82, 2.24) is 10.2 Å². The van der Waals surface area contributed by atoms with E-state index in [0.717, 1.165) is 24.8 Å². The van der Waals surface area contributed by atoms with Gasteiger partial charge in [-0.25, -0.2) is 4.39 Å². The lowest BCUT2D eigenvalue weighted by Gasteiger charge is -2.21. The average Bonchev–Trinajstić information content (AvgIpc) is 3.43. The number of aliphatic hydroxyl groups excluding tert-OH is 1. The first kappa shape index (κ1) is 21.8. The van der Waals surface area contributed by atoms with Crippen molar-refractivity contribution in [2.45, 2.75) is 56.7 Å². The zero-order valence-electron chi connectivity index (χ0n) is 18.2. The lowest BCUT2D eigenvalue weighted by Crippen LogP contribution is -2.29. The van der Waals surface area contributed by atoms with E-state index in [1.54, 1.807) is 17.0 Å². The molecule has 1 heterocycles. The van der Waals surface area contributed by atoms with Crippen LogP contribution in [0.3, 0.4) is 0 Å². The molecule has 6 heteroatoms. The highest BCUT2D eigenvalue weighted by atomic mass is 19.1. The zero-order chi connectivity index (χ0) is 22.0. The van der Waals surface area contributed by atoms with Gasteiger partial charge in [-0.05, 0) is 73.9 Å². The summed E-state index contributed by atoms with van der Waals surface area (Å²) in [5.74, 6) is 0.388. The van der Waals surface area contributed by atoms with Crippen molar-refractivity contribution >= 4 is 5.91 Å². The molecule has 5 nitrogen and oxygen atoms in total. The molecule has 31 heavy (non-hydrogen) atoms. The molecular weight excluding hydrogens is 395 g/mol. The summed E-state index contributed by atoms with van der Waals surface area (Å²) in [6.45, 7) is 3.14. The van der Waals surface area contributed by atoms with E-state index in [1.165, 1.54) is 18.7 Å². The molecule has 2 aliphatic rings. The minimum Gasteiger partial charge on any atom is -0.494 e. The molecule has 0 aromatic heterocycles. The SMILES string of the molecule is COc1cc([C@@H](C)N[C@H]2CC[C@@H](c3ccc(C(=O)N4CC[C@@H](O)C4)cc3)C2)ccc1F. The minimum atomic E-state index is -0.399. The van der Waals surface area contributed by atoms with Crippen molar-refractivity contribution in [3.63, 3.8) is 0 Å². The number of halogens is 1. The smallest absolute Gasteiger partial charge is 0.253 e. The Bertz CT molecular complexity index is 917. The summed E-state index contributed by atoms with van der Waals surface area (Å²) in [6.07, 6.45) is 3.48. The van der Waals surface area contributed by atoms with Gasteiger partial charge in [0.15, 0.2) is 11.6 Å². The van der Waals surface area contributed by atoms with Crippen LogP contribution in [0, 0.1) is 5.82 Å². The number of ether oxygens (including phenoxy) is 1. The zero-order valence-corrected chi connectivity index (χ0v) is 18.2. The van der Waals surface area contributed by atoms with E-state index in [1.807, 2.05) is 12.1 Å². The Balaban J connectivity index is 1.34. The number of likely N-dealkylation sites (tertiary alicyclic amines) is 1. The van der Waals surface area contributed by atoms with Gasteiger partial charge in [-0.1, -0.05) is 18.2 Å². The average molecular weight is 427 g/mol. The van der Waals surface area contributed by atoms with Gasteiger partial charge in [0, 0.05) is 30.7 Å². The number of methoxy groups -OCH3 is 1. The first-order valence-corrected chi connectivity index (χ1v) is 11.1. The van der Waals surface area contributed by atoms with Gasteiger partial charge in [-0.15, -0.1) is 0 Å². The summed E-state index contributed by atoms with van der Waals surface area (Å²) < 4.78 is 18.8. The molecule has 166 valence electrons. The Labute approximate surface area is 183 Å². The van der Waals surface area contributed by atoms with Gasteiger partial charge >= 0.3 is 0 Å². The van der Waals surface area contributed by atoms with Crippen molar-refractivity contribution < 1.29 is 19.0 Å². The second-order valence-corrected chi connectivity index (χ2v) is 8.80. The monoisotopic (exact) mass is 426 g/mol. The molecule has 1 saturated heterocycles. The third-order valence-electron chi connectivity index (χ3n) is 6.67. The second kappa shape index (κ2) is 9.37. The first-order chi connectivity index (χ1) is 14.9. The lowest BCUT2D eigenvalue weighted by molar-refractivity contribution is 0.0765. The number of β-amino-alcohol motifs (C(OH)–C–C–N with tert-alkyl or cyclic N) is 1. The summed E-state index contributed by atoms with van der Waals surface area (Å²) in [5, 5.41) is 13.3. The fourth-order valence-electron chi connectivity index (χ4n) is 4.84. The van der Waals surface area contributed by atoms with E-state index >= 15 is 0 Å². The maximum atomic E-state index is 13.7. The minimum absolute atomic E-state index is 0.00221. The summed E-state index contributed by atoms with van der Waals surface area (Å²) in [7, 11) is 1.48. The van der Waals surface area contributed by atoms with E-state index in [-0.39, 0.29) is 23.5 Å². The van der Waals surface area contributed by atoms with Gasteiger partial charge in [-0.3, -0.25) is 4.79 Å². The molecule has 2 N–H and O–H groups in total. The second-order valence-electron chi connectivity index (χ2n) is 8.80. The molecular formula is C25H31FN2O3. The fourth-order valence-corrected chi connectivity index (χ4v) is 4.84. The Hall–Kier alpha value is -2.44. The van der Waals surface area contributed by atoms with Gasteiger partial charge in [-0.2, -0.15) is 0 Å². The number of rotatable bonds is 6. The molecule has 0 spiro atoms. The predicted octanol–water partition coefficient (Wildman–Crippen LogP) is 4.03. The van der Waals surface area contributed by atoms with Gasteiger partial charge < -0.3 is 20.1 Å². The topological polar surface area (TPSA) is 61.8 Å². The summed E-state index contributed by atoms with van der Waals surface area (Å²) >= 11 is 0.